The lowest BCUT2D eigenvalue weighted by molar-refractivity contribution is 0.103. The molecule has 0 aromatic heterocycles. The van der Waals surface area contributed by atoms with Gasteiger partial charge in [-0.1, -0.05) is 20.8 Å². The Morgan fingerprint density at radius 1 is 1.33 bits per heavy atom. The molecular weight excluding hydrogens is 155 g/mol. The average molecular weight is 176 g/mol. The molecule has 2 heteroatoms. The first-order valence-electron chi connectivity index (χ1n) is 4.74. The van der Waals surface area contributed by atoms with E-state index >= 15 is 0 Å². The van der Waals surface area contributed by atoms with Crippen molar-refractivity contribution in [3.8, 4) is 0 Å². The molecule has 0 N–H and O–H groups in total. The van der Waals surface area contributed by atoms with Crippen molar-refractivity contribution in [3.05, 3.63) is 0 Å². The molecule has 0 fully saturated rings. The summed E-state index contributed by atoms with van der Waals surface area (Å²) >= 11 is 0. The number of methoxy groups -OCH3 is 1. The van der Waals surface area contributed by atoms with Crippen LogP contribution in [0.15, 0.2) is 0 Å². The van der Waals surface area contributed by atoms with E-state index in [-0.39, 0.29) is 0 Å². The van der Waals surface area contributed by atoms with E-state index in [1.54, 1.807) is 7.11 Å². The van der Waals surface area contributed by atoms with Crippen molar-refractivity contribution in [3.63, 3.8) is 0 Å². The highest BCUT2D eigenvalue weighted by Crippen LogP contribution is 2.20. The molecule has 0 aliphatic heterocycles. The average Bonchev–Trinajstić information content (AvgIpc) is 2.03. The molecule has 0 unspecified atom stereocenters. The second-order valence-corrected chi connectivity index (χ2v) is 3.70. The van der Waals surface area contributed by atoms with Crippen LogP contribution in [0.2, 0.25) is 0 Å². The van der Waals surface area contributed by atoms with Gasteiger partial charge in [-0.25, -0.2) is 4.39 Å². The summed E-state index contributed by atoms with van der Waals surface area (Å²) in [5.41, 5.74) is 0. The zero-order chi connectivity index (χ0) is 9.56. The topological polar surface area (TPSA) is 9.23 Å². The van der Waals surface area contributed by atoms with Crippen molar-refractivity contribution in [2.75, 3.05) is 13.7 Å². The second-order valence-electron chi connectivity index (χ2n) is 3.70. The molecule has 0 aliphatic carbocycles. The van der Waals surface area contributed by atoms with Crippen LogP contribution in [0.3, 0.4) is 0 Å². The lowest BCUT2D eigenvalue weighted by Crippen LogP contribution is -2.19. The maximum absolute atomic E-state index is 13.0. The maximum atomic E-state index is 13.0. The first kappa shape index (κ1) is 11.9. The van der Waals surface area contributed by atoms with Crippen molar-refractivity contribution in [1.82, 2.24) is 0 Å². The lowest BCUT2D eigenvalue weighted by atomic mass is 9.91. The fourth-order valence-electron chi connectivity index (χ4n) is 1.24. The summed E-state index contributed by atoms with van der Waals surface area (Å²) in [5, 5.41) is 0. The molecule has 0 rings (SSSR count). The van der Waals surface area contributed by atoms with Crippen LogP contribution in [0.4, 0.5) is 4.39 Å². The Labute approximate surface area is 75.3 Å². The third kappa shape index (κ3) is 4.70. The molecule has 0 heterocycles. The molecule has 0 bridgehead atoms. The third-order valence-corrected chi connectivity index (χ3v) is 2.33. The number of hydrogen-bond donors (Lipinski definition) is 0. The van der Waals surface area contributed by atoms with Gasteiger partial charge in [0.25, 0.3) is 0 Å². The van der Waals surface area contributed by atoms with Crippen LogP contribution in [0.5, 0.6) is 0 Å². The van der Waals surface area contributed by atoms with Crippen LogP contribution in [-0.4, -0.2) is 19.9 Å². The first-order valence-corrected chi connectivity index (χ1v) is 4.74. The smallest absolute Gasteiger partial charge is 0.100 e. The first-order chi connectivity index (χ1) is 5.61. The van der Waals surface area contributed by atoms with E-state index in [0.717, 1.165) is 0 Å². The second kappa shape index (κ2) is 6.41. The Hall–Kier alpha value is -0.110. The monoisotopic (exact) mass is 176 g/mol. The molecule has 0 aromatic rings. The molecule has 0 saturated carbocycles. The molecule has 74 valence electrons. The SMILES string of the molecule is CC[C@@H](F)C[C@@H](COC)C(C)C. The summed E-state index contributed by atoms with van der Waals surface area (Å²) in [4.78, 5) is 0. The third-order valence-electron chi connectivity index (χ3n) is 2.33. The Balaban J connectivity index is 3.77. The van der Waals surface area contributed by atoms with Crippen LogP contribution < -0.4 is 0 Å². The van der Waals surface area contributed by atoms with E-state index in [9.17, 15) is 4.39 Å². The number of rotatable bonds is 6. The highest BCUT2D eigenvalue weighted by atomic mass is 19.1. The van der Waals surface area contributed by atoms with Gasteiger partial charge in [0.2, 0.25) is 0 Å². The van der Waals surface area contributed by atoms with E-state index < -0.39 is 6.17 Å². The molecule has 0 saturated heterocycles. The zero-order valence-electron chi connectivity index (χ0n) is 8.64. The highest BCUT2D eigenvalue weighted by molar-refractivity contribution is 4.67. The Kier molecular flexibility index (Phi) is 6.35. The molecule has 12 heavy (non-hydrogen) atoms. The largest absolute Gasteiger partial charge is 0.384 e. The van der Waals surface area contributed by atoms with Crippen molar-refractivity contribution in [1.29, 1.82) is 0 Å². The molecule has 2 atom stereocenters. The van der Waals surface area contributed by atoms with Gasteiger partial charge in [0.15, 0.2) is 0 Å². The molecule has 0 aromatic carbocycles. The minimum absolute atomic E-state index is 0.366. The molecule has 0 aliphatic rings. The molecule has 0 amide bonds. The van der Waals surface area contributed by atoms with Crippen molar-refractivity contribution < 1.29 is 9.13 Å². The van der Waals surface area contributed by atoms with E-state index in [1.807, 2.05) is 6.92 Å². The molecule has 1 nitrogen and oxygen atoms in total. The summed E-state index contributed by atoms with van der Waals surface area (Å²) in [7, 11) is 1.68. The van der Waals surface area contributed by atoms with Gasteiger partial charge in [0, 0.05) is 13.7 Å². The van der Waals surface area contributed by atoms with Crippen LogP contribution in [0.1, 0.15) is 33.6 Å². The van der Waals surface area contributed by atoms with E-state index in [1.165, 1.54) is 0 Å². The molecule has 0 radical (unpaired) electrons. The summed E-state index contributed by atoms with van der Waals surface area (Å²) in [6, 6.07) is 0. The predicted molar refractivity (Wildman–Crippen MR) is 50.0 cm³/mol. The fraction of sp³-hybridized carbons (Fsp3) is 1.00. The molecule has 0 spiro atoms. The molecular formula is C10H21FO. The van der Waals surface area contributed by atoms with Crippen LogP contribution in [-0.2, 0) is 4.74 Å². The Morgan fingerprint density at radius 2 is 1.92 bits per heavy atom. The van der Waals surface area contributed by atoms with Crippen LogP contribution in [0.25, 0.3) is 0 Å². The maximum Gasteiger partial charge on any atom is 0.100 e. The minimum Gasteiger partial charge on any atom is -0.384 e. The summed E-state index contributed by atoms with van der Waals surface area (Å²) in [6.45, 7) is 6.80. The van der Waals surface area contributed by atoms with Crippen LogP contribution in [0, 0.1) is 11.8 Å². The lowest BCUT2D eigenvalue weighted by Gasteiger charge is -2.21. The number of hydrogen-bond acceptors (Lipinski definition) is 1. The van der Waals surface area contributed by atoms with Crippen molar-refractivity contribution in [2.24, 2.45) is 11.8 Å². The van der Waals surface area contributed by atoms with Gasteiger partial charge in [-0.15, -0.1) is 0 Å². The van der Waals surface area contributed by atoms with Crippen molar-refractivity contribution in [2.45, 2.75) is 39.8 Å². The van der Waals surface area contributed by atoms with E-state index in [0.29, 0.717) is 31.3 Å². The Morgan fingerprint density at radius 3 is 2.25 bits per heavy atom. The van der Waals surface area contributed by atoms with E-state index in [4.69, 9.17) is 4.74 Å². The van der Waals surface area contributed by atoms with Gasteiger partial charge in [-0.3, -0.25) is 0 Å². The van der Waals surface area contributed by atoms with Gasteiger partial charge in [-0.05, 0) is 24.7 Å². The standard InChI is InChI=1S/C10H21FO/c1-5-10(11)6-9(7-12-4)8(2)3/h8-10H,5-7H2,1-4H3/t9-,10+/m0/s1. The number of halogens is 1. The summed E-state index contributed by atoms with van der Waals surface area (Å²) in [5.74, 6) is 0.875. The van der Waals surface area contributed by atoms with Crippen molar-refractivity contribution >= 4 is 0 Å². The summed E-state index contributed by atoms with van der Waals surface area (Å²) in [6.07, 6.45) is 0.599. The highest BCUT2D eigenvalue weighted by Gasteiger charge is 2.17. The number of alkyl halides is 1. The minimum atomic E-state index is -0.660. The van der Waals surface area contributed by atoms with Gasteiger partial charge in [0.05, 0.1) is 0 Å². The Bertz CT molecular complexity index is 104. The van der Waals surface area contributed by atoms with Crippen LogP contribution >= 0.6 is 0 Å². The predicted octanol–water partition coefficient (Wildman–Crippen LogP) is 3.04. The van der Waals surface area contributed by atoms with Gasteiger partial charge >= 0.3 is 0 Å². The quantitative estimate of drug-likeness (QED) is 0.604. The normalized spacial score (nSPS) is 16.5. The fourth-order valence-corrected chi connectivity index (χ4v) is 1.24. The van der Waals surface area contributed by atoms with Gasteiger partial charge < -0.3 is 4.74 Å². The zero-order valence-corrected chi connectivity index (χ0v) is 8.64. The van der Waals surface area contributed by atoms with Gasteiger partial charge in [0.1, 0.15) is 6.17 Å². The number of ether oxygens (including phenoxy) is 1. The summed E-state index contributed by atoms with van der Waals surface area (Å²) < 4.78 is 18.1. The van der Waals surface area contributed by atoms with E-state index in [2.05, 4.69) is 13.8 Å². The van der Waals surface area contributed by atoms with Gasteiger partial charge in [-0.2, -0.15) is 0 Å².